The summed E-state index contributed by atoms with van der Waals surface area (Å²) in [5.74, 6) is -1.50. The molecule has 0 aromatic carbocycles. The molecule has 2 fully saturated rings. The monoisotopic (exact) mass is 222 g/mol. The highest BCUT2D eigenvalue weighted by Crippen LogP contribution is 2.35. The lowest BCUT2D eigenvalue weighted by Gasteiger charge is -2.28. The highest BCUT2D eigenvalue weighted by Gasteiger charge is 2.52. The number of nitrogens with one attached hydrogen (secondary N) is 1. The SMILES string of the molecule is CC1CC2CNCC2N1C(=O)C(F)(F)F. The van der Waals surface area contributed by atoms with E-state index in [1.807, 2.05) is 0 Å². The second-order valence-corrected chi connectivity index (χ2v) is 4.28. The van der Waals surface area contributed by atoms with Crippen molar-refractivity contribution in [3.05, 3.63) is 0 Å². The van der Waals surface area contributed by atoms with Crippen molar-refractivity contribution >= 4 is 5.91 Å². The van der Waals surface area contributed by atoms with Gasteiger partial charge in [0.1, 0.15) is 0 Å². The fourth-order valence-corrected chi connectivity index (χ4v) is 2.66. The second kappa shape index (κ2) is 3.37. The zero-order valence-corrected chi connectivity index (χ0v) is 8.34. The van der Waals surface area contributed by atoms with Gasteiger partial charge in [-0.2, -0.15) is 13.2 Å². The lowest BCUT2D eigenvalue weighted by atomic mass is 10.0. The van der Waals surface area contributed by atoms with Crippen molar-refractivity contribution in [2.75, 3.05) is 13.1 Å². The number of carbonyl (C=O) groups excluding carboxylic acids is 1. The number of carbonyl (C=O) groups is 1. The Kier molecular flexibility index (Phi) is 2.41. The van der Waals surface area contributed by atoms with Crippen molar-refractivity contribution in [2.45, 2.75) is 31.6 Å². The van der Waals surface area contributed by atoms with Gasteiger partial charge < -0.3 is 10.2 Å². The molecule has 1 N–H and O–H groups in total. The third-order valence-electron chi connectivity index (χ3n) is 3.26. The van der Waals surface area contributed by atoms with E-state index in [2.05, 4.69) is 5.32 Å². The number of alkyl halides is 3. The summed E-state index contributed by atoms with van der Waals surface area (Å²) < 4.78 is 37.0. The zero-order chi connectivity index (χ0) is 11.2. The van der Waals surface area contributed by atoms with Crippen LogP contribution < -0.4 is 5.32 Å². The molecule has 0 aliphatic carbocycles. The summed E-state index contributed by atoms with van der Waals surface area (Å²) in [4.78, 5) is 12.2. The minimum Gasteiger partial charge on any atom is -0.328 e. The Labute approximate surface area is 85.6 Å². The van der Waals surface area contributed by atoms with Crippen molar-refractivity contribution in [1.82, 2.24) is 10.2 Å². The van der Waals surface area contributed by atoms with Gasteiger partial charge in [-0.05, 0) is 19.3 Å². The number of nitrogens with zero attached hydrogens (tertiary/aromatic N) is 1. The van der Waals surface area contributed by atoms with Crippen molar-refractivity contribution in [3.8, 4) is 0 Å². The number of halogens is 3. The quantitative estimate of drug-likeness (QED) is 0.656. The maximum Gasteiger partial charge on any atom is 0.471 e. The molecule has 2 heterocycles. The Balaban J connectivity index is 2.17. The van der Waals surface area contributed by atoms with E-state index in [0.29, 0.717) is 13.0 Å². The van der Waals surface area contributed by atoms with Crippen LogP contribution in [0.3, 0.4) is 0 Å². The minimum atomic E-state index is -4.74. The molecule has 0 aromatic rings. The van der Waals surface area contributed by atoms with Crippen LogP contribution in [0.2, 0.25) is 0 Å². The van der Waals surface area contributed by atoms with Crippen LogP contribution in [-0.4, -0.2) is 42.2 Å². The summed E-state index contributed by atoms with van der Waals surface area (Å²) in [5.41, 5.74) is 0. The third-order valence-corrected chi connectivity index (χ3v) is 3.26. The van der Waals surface area contributed by atoms with Gasteiger partial charge in [-0.3, -0.25) is 4.79 Å². The van der Waals surface area contributed by atoms with Crippen molar-refractivity contribution in [3.63, 3.8) is 0 Å². The molecule has 2 saturated heterocycles. The van der Waals surface area contributed by atoms with Gasteiger partial charge >= 0.3 is 12.1 Å². The molecule has 3 atom stereocenters. The first kappa shape index (κ1) is 10.7. The maximum absolute atomic E-state index is 12.3. The Hall–Kier alpha value is -0.780. The Morgan fingerprint density at radius 3 is 2.67 bits per heavy atom. The molecule has 2 aliphatic heterocycles. The molecule has 3 unspecified atom stereocenters. The lowest BCUT2D eigenvalue weighted by molar-refractivity contribution is -0.188. The largest absolute Gasteiger partial charge is 0.471 e. The maximum atomic E-state index is 12.3. The molecule has 6 heteroatoms. The summed E-state index contributed by atoms with van der Waals surface area (Å²) >= 11 is 0. The van der Waals surface area contributed by atoms with E-state index >= 15 is 0 Å². The molecule has 1 amide bonds. The van der Waals surface area contributed by atoms with Gasteiger partial charge in [-0.15, -0.1) is 0 Å². The predicted octanol–water partition coefficient (Wildman–Crippen LogP) is 0.758. The highest BCUT2D eigenvalue weighted by molar-refractivity contribution is 5.82. The van der Waals surface area contributed by atoms with E-state index in [1.54, 1.807) is 6.92 Å². The average Bonchev–Trinajstić information content (AvgIpc) is 2.60. The Morgan fingerprint density at radius 2 is 2.07 bits per heavy atom. The molecule has 0 aromatic heterocycles. The van der Waals surface area contributed by atoms with Crippen LogP contribution in [0, 0.1) is 5.92 Å². The highest BCUT2D eigenvalue weighted by atomic mass is 19.4. The van der Waals surface area contributed by atoms with Crippen LogP contribution in [0.15, 0.2) is 0 Å². The summed E-state index contributed by atoms with van der Waals surface area (Å²) in [6.07, 6.45) is -4.08. The number of rotatable bonds is 0. The summed E-state index contributed by atoms with van der Waals surface area (Å²) in [6.45, 7) is 2.88. The molecule has 15 heavy (non-hydrogen) atoms. The number of amides is 1. The molecule has 3 nitrogen and oxygen atoms in total. The standard InChI is InChI=1S/C9H13F3N2O/c1-5-2-6-3-13-4-7(6)14(5)8(15)9(10,11)12/h5-7,13H,2-4H2,1H3. The van der Waals surface area contributed by atoms with Gasteiger partial charge in [0.2, 0.25) is 0 Å². The fourth-order valence-electron chi connectivity index (χ4n) is 2.66. The molecule has 86 valence electrons. The first-order chi connectivity index (χ1) is 6.91. The fraction of sp³-hybridized carbons (Fsp3) is 0.889. The number of likely N-dealkylation sites (tertiary alicyclic amines) is 1. The second-order valence-electron chi connectivity index (χ2n) is 4.28. The van der Waals surface area contributed by atoms with E-state index in [-0.39, 0.29) is 18.0 Å². The van der Waals surface area contributed by atoms with Gasteiger partial charge in [0.05, 0.1) is 0 Å². The number of hydrogen-bond donors (Lipinski definition) is 1. The van der Waals surface area contributed by atoms with Crippen LogP contribution >= 0.6 is 0 Å². The predicted molar refractivity (Wildman–Crippen MR) is 47.1 cm³/mol. The molecular formula is C9H13F3N2O. The van der Waals surface area contributed by atoms with Crippen molar-refractivity contribution in [2.24, 2.45) is 5.92 Å². The lowest BCUT2D eigenvalue weighted by Crippen LogP contribution is -2.48. The van der Waals surface area contributed by atoms with Gasteiger partial charge in [0.25, 0.3) is 0 Å². The molecule has 0 spiro atoms. The van der Waals surface area contributed by atoms with Gasteiger partial charge in [-0.25, -0.2) is 0 Å². The van der Waals surface area contributed by atoms with Gasteiger partial charge in [0.15, 0.2) is 0 Å². The van der Waals surface area contributed by atoms with E-state index in [9.17, 15) is 18.0 Å². The van der Waals surface area contributed by atoms with Gasteiger partial charge in [-0.1, -0.05) is 0 Å². The molecular weight excluding hydrogens is 209 g/mol. The topological polar surface area (TPSA) is 32.3 Å². The van der Waals surface area contributed by atoms with E-state index in [1.165, 1.54) is 0 Å². The van der Waals surface area contributed by atoms with Crippen molar-refractivity contribution < 1.29 is 18.0 Å². The van der Waals surface area contributed by atoms with E-state index in [0.717, 1.165) is 11.4 Å². The normalized spacial score (nSPS) is 35.7. The molecule has 0 saturated carbocycles. The first-order valence-corrected chi connectivity index (χ1v) is 5.01. The molecule has 2 aliphatic rings. The van der Waals surface area contributed by atoms with Crippen LogP contribution in [0.5, 0.6) is 0 Å². The van der Waals surface area contributed by atoms with E-state index < -0.39 is 12.1 Å². The average molecular weight is 222 g/mol. The van der Waals surface area contributed by atoms with Crippen LogP contribution in [-0.2, 0) is 4.79 Å². The summed E-state index contributed by atoms with van der Waals surface area (Å²) in [7, 11) is 0. The molecule has 2 rings (SSSR count). The van der Waals surface area contributed by atoms with Crippen LogP contribution in [0.25, 0.3) is 0 Å². The Bertz CT molecular complexity index is 279. The molecule has 0 radical (unpaired) electrons. The summed E-state index contributed by atoms with van der Waals surface area (Å²) in [6, 6.07) is -0.564. The summed E-state index contributed by atoms with van der Waals surface area (Å²) in [5, 5.41) is 3.02. The first-order valence-electron chi connectivity index (χ1n) is 5.01. The van der Waals surface area contributed by atoms with E-state index in [4.69, 9.17) is 0 Å². The van der Waals surface area contributed by atoms with Crippen LogP contribution in [0.4, 0.5) is 13.2 Å². The number of fused-ring (bicyclic) bond motifs is 1. The third kappa shape index (κ3) is 1.71. The molecule has 0 bridgehead atoms. The zero-order valence-electron chi connectivity index (χ0n) is 8.34. The smallest absolute Gasteiger partial charge is 0.328 e. The van der Waals surface area contributed by atoms with Crippen LogP contribution in [0.1, 0.15) is 13.3 Å². The van der Waals surface area contributed by atoms with Gasteiger partial charge in [0, 0.05) is 25.2 Å². The minimum absolute atomic E-state index is 0.186. The number of hydrogen-bond acceptors (Lipinski definition) is 2. The Morgan fingerprint density at radius 1 is 1.40 bits per heavy atom. The van der Waals surface area contributed by atoms with Crippen molar-refractivity contribution in [1.29, 1.82) is 0 Å².